The topological polar surface area (TPSA) is 109 Å². The molecule has 21 heavy (non-hydrogen) atoms. The van der Waals surface area contributed by atoms with Crippen molar-refractivity contribution in [3.8, 4) is 0 Å². The van der Waals surface area contributed by atoms with Crippen molar-refractivity contribution in [1.82, 2.24) is 25.6 Å². The van der Waals surface area contributed by atoms with Crippen molar-refractivity contribution in [2.45, 2.75) is 26.6 Å². The van der Waals surface area contributed by atoms with Gasteiger partial charge in [0.1, 0.15) is 12.2 Å². The Hall–Kier alpha value is -2.42. The molecule has 0 unspecified atom stereocenters. The van der Waals surface area contributed by atoms with E-state index in [9.17, 15) is 9.59 Å². The second-order valence-electron chi connectivity index (χ2n) is 4.42. The van der Waals surface area contributed by atoms with Crippen molar-refractivity contribution in [2.75, 3.05) is 0 Å². The molecule has 3 N–H and O–H groups in total. The number of nitrogens with zero attached hydrogens (tertiary/aromatic N) is 3. The van der Waals surface area contributed by atoms with Crippen LogP contribution in [0, 0.1) is 6.92 Å². The lowest BCUT2D eigenvalue weighted by Gasteiger charge is -2.05. The van der Waals surface area contributed by atoms with Gasteiger partial charge in [0.15, 0.2) is 0 Å². The third-order valence-electron chi connectivity index (χ3n) is 2.71. The molecular formula is C12H15N5O3S. The smallest absolute Gasteiger partial charge is 0.325 e. The van der Waals surface area contributed by atoms with Crippen molar-refractivity contribution in [3.05, 3.63) is 33.8 Å². The molecule has 0 fully saturated rings. The van der Waals surface area contributed by atoms with Gasteiger partial charge in [-0.3, -0.25) is 4.79 Å². The SMILES string of the molecule is Cc1cscc1CNC(=O)NCc1cn(CC(=O)O)nn1. The van der Waals surface area contributed by atoms with E-state index in [-0.39, 0.29) is 19.1 Å². The molecule has 0 aromatic carbocycles. The van der Waals surface area contributed by atoms with Gasteiger partial charge in [-0.05, 0) is 28.8 Å². The summed E-state index contributed by atoms with van der Waals surface area (Å²) in [4.78, 5) is 22.1. The Morgan fingerprint density at radius 2 is 2.10 bits per heavy atom. The number of thiophene rings is 1. The molecule has 2 aromatic rings. The normalized spacial score (nSPS) is 10.3. The number of carbonyl (C=O) groups excluding carboxylic acids is 1. The fraction of sp³-hybridized carbons (Fsp3) is 0.333. The van der Waals surface area contributed by atoms with Crippen LogP contribution < -0.4 is 10.6 Å². The number of aryl methyl sites for hydroxylation is 1. The molecule has 9 heteroatoms. The van der Waals surface area contributed by atoms with Gasteiger partial charge in [-0.15, -0.1) is 5.10 Å². The lowest BCUT2D eigenvalue weighted by atomic mass is 10.2. The molecular weight excluding hydrogens is 294 g/mol. The number of hydrogen-bond acceptors (Lipinski definition) is 5. The van der Waals surface area contributed by atoms with Crippen molar-refractivity contribution < 1.29 is 14.7 Å². The van der Waals surface area contributed by atoms with E-state index >= 15 is 0 Å². The first kappa shape index (κ1) is 15.0. The predicted molar refractivity (Wildman–Crippen MR) is 75.8 cm³/mol. The number of aliphatic carboxylic acids is 1. The van der Waals surface area contributed by atoms with Crippen LogP contribution in [0.25, 0.3) is 0 Å². The first-order valence-electron chi connectivity index (χ1n) is 6.19. The molecule has 2 heterocycles. The summed E-state index contributed by atoms with van der Waals surface area (Å²) in [7, 11) is 0. The number of rotatable bonds is 6. The number of amides is 2. The van der Waals surface area contributed by atoms with E-state index < -0.39 is 5.97 Å². The lowest BCUT2D eigenvalue weighted by molar-refractivity contribution is -0.137. The monoisotopic (exact) mass is 309 g/mol. The minimum absolute atomic E-state index is 0.189. The van der Waals surface area contributed by atoms with Crippen molar-refractivity contribution in [1.29, 1.82) is 0 Å². The minimum Gasteiger partial charge on any atom is -0.480 e. The molecule has 112 valence electrons. The van der Waals surface area contributed by atoms with Crippen molar-refractivity contribution in [2.24, 2.45) is 0 Å². The third-order valence-corrected chi connectivity index (χ3v) is 3.62. The van der Waals surface area contributed by atoms with E-state index in [1.54, 1.807) is 11.3 Å². The molecule has 2 rings (SSSR count). The van der Waals surface area contributed by atoms with Gasteiger partial charge in [0, 0.05) is 6.54 Å². The van der Waals surface area contributed by atoms with Crippen LogP contribution in [-0.4, -0.2) is 32.1 Å². The van der Waals surface area contributed by atoms with Crippen LogP contribution in [0.5, 0.6) is 0 Å². The second-order valence-corrected chi connectivity index (χ2v) is 5.16. The van der Waals surface area contributed by atoms with Crippen LogP contribution in [0.3, 0.4) is 0 Å². The first-order chi connectivity index (χ1) is 10.0. The van der Waals surface area contributed by atoms with Gasteiger partial charge in [0.25, 0.3) is 0 Å². The highest BCUT2D eigenvalue weighted by atomic mass is 32.1. The van der Waals surface area contributed by atoms with E-state index in [1.165, 1.54) is 10.9 Å². The van der Waals surface area contributed by atoms with Crippen LogP contribution in [0.4, 0.5) is 4.79 Å². The summed E-state index contributed by atoms with van der Waals surface area (Å²) in [5, 5.41) is 25.4. The lowest BCUT2D eigenvalue weighted by Crippen LogP contribution is -2.34. The van der Waals surface area contributed by atoms with Gasteiger partial charge in [0.2, 0.25) is 0 Å². The third kappa shape index (κ3) is 4.56. The van der Waals surface area contributed by atoms with E-state index in [4.69, 9.17) is 5.11 Å². The summed E-state index contributed by atoms with van der Waals surface area (Å²) >= 11 is 1.59. The molecule has 0 radical (unpaired) electrons. The van der Waals surface area contributed by atoms with Crippen LogP contribution in [0.1, 0.15) is 16.8 Å². The summed E-state index contributed by atoms with van der Waals surface area (Å²) in [6, 6.07) is -0.312. The summed E-state index contributed by atoms with van der Waals surface area (Å²) in [5.74, 6) is -0.997. The van der Waals surface area contributed by atoms with Gasteiger partial charge in [0.05, 0.1) is 12.7 Å². The number of urea groups is 1. The highest BCUT2D eigenvalue weighted by Crippen LogP contribution is 2.12. The zero-order chi connectivity index (χ0) is 15.2. The highest BCUT2D eigenvalue weighted by Gasteiger charge is 2.07. The Balaban J connectivity index is 1.75. The number of aromatic nitrogens is 3. The average molecular weight is 309 g/mol. The van der Waals surface area contributed by atoms with Crippen LogP contribution >= 0.6 is 11.3 Å². The van der Waals surface area contributed by atoms with E-state index in [0.29, 0.717) is 12.2 Å². The number of nitrogens with one attached hydrogen (secondary N) is 2. The van der Waals surface area contributed by atoms with E-state index in [2.05, 4.69) is 20.9 Å². The Labute approximate surface area is 124 Å². The summed E-state index contributed by atoms with van der Waals surface area (Å²) in [5.41, 5.74) is 2.73. The van der Waals surface area contributed by atoms with Crippen LogP contribution in [-0.2, 0) is 24.4 Å². The second kappa shape index (κ2) is 6.84. The quantitative estimate of drug-likeness (QED) is 0.729. The standard InChI is InChI=1S/C12H15N5O3S/c1-8-6-21-7-9(8)2-13-12(20)14-3-10-4-17(16-15-10)5-11(18)19/h4,6-7H,2-3,5H2,1H3,(H,18,19)(H2,13,14,20). The van der Waals surface area contributed by atoms with Gasteiger partial charge < -0.3 is 15.7 Å². The van der Waals surface area contributed by atoms with Gasteiger partial charge in [-0.1, -0.05) is 5.21 Å². The summed E-state index contributed by atoms with van der Waals surface area (Å²) in [6.07, 6.45) is 1.48. The number of carboxylic acids is 1. The Bertz CT molecular complexity index is 636. The zero-order valence-electron chi connectivity index (χ0n) is 11.4. The van der Waals surface area contributed by atoms with Crippen LogP contribution in [0.2, 0.25) is 0 Å². The van der Waals surface area contributed by atoms with Gasteiger partial charge in [-0.25, -0.2) is 9.48 Å². The molecule has 2 amide bonds. The summed E-state index contributed by atoms with van der Waals surface area (Å²) < 4.78 is 1.20. The Morgan fingerprint density at radius 3 is 2.76 bits per heavy atom. The molecule has 0 aliphatic rings. The maximum absolute atomic E-state index is 11.6. The number of hydrogen-bond donors (Lipinski definition) is 3. The largest absolute Gasteiger partial charge is 0.480 e. The van der Waals surface area contributed by atoms with E-state index in [0.717, 1.165) is 11.1 Å². The van der Waals surface area contributed by atoms with Crippen LogP contribution in [0.15, 0.2) is 17.0 Å². The molecule has 0 spiro atoms. The van der Waals surface area contributed by atoms with Gasteiger partial charge in [-0.2, -0.15) is 11.3 Å². The number of carbonyl (C=O) groups is 2. The fourth-order valence-corrected chi connectivity index (χ4v) is 2.47. The fourth-order valence-electron chi connectivity index (χ4n) is 1.61. The predicted octanol–water partition coefficient (Wildman–Crippen LogP) is 0.732. The van der Waals surface area contributed by atoms with Crippen molar-refractivity contribution in [3.63, 3.8) is 0 Å². The molecule has 8 nitrogen and oxygen atoms in total. The Kier molecular flexibility index (Phi) is 4.88. The van der Waals surface area contributed by atoms with Gasteiger partial charge >= 0.3 is 12.0 Å². The Morgan fingerprint density at radius 1 is 1.33 bits per heavy atom. The number of carboxylic acid groups (broad SMARTS) is 1. The average Bonchev–Trinajstić information content (AvgIpc) is 3.02. The van der Waals surface area contributed by atoms with E-state index in [1.807, 2.05) is 17.7 Å². The maximum atomic E-state index is 11.6. The molecule has 0 bridgehead atoms. The minimum atomic E-state index is -0.997. The molecule has 0 saturated heterocycles. The summed E-state index contributed by atoms with van der Waals surface area (Å²) in [6.45, 7) is 2.39. The van der Waals surface area contributed by atoms with Crippen molar-refractivity contribution >= 4 is 23.3 Å². The highest BCUT2D eigenvalue weighted by molar-refractivity contribution is 7.08. The molecule has 2 aromatic heterocycles. The molecule has 0 saturated carbocycles. The zero-order valence-corrected chi connectivity index (χ0v) is 12.2. The molecule has 0 aliphatic heterocycles. The maximum Gasteiger partial charge on any atom is 0.325 e. The molecule has 0 aliphatic carbocycles. The first-order valence-corrected chi connectivity index (χ1v) is 7.13. The molecule has 0 atom stereocenters.